The number of nitrogens with zero attached hydrogens (tertiary/aromatic N) is 2. The van der Waals surface area contributed by atoms with E-state index in [4.69, 9.17) is 25.8 Å². The molecule has 1 aromatic heterocycles. The van der Waals surface area contributed by atoms with Crippen LogP contribution in [-0.4, -0.2) is 34.9 Å². The molecule has 2 N–H and O–H groups in total. The van der Waals surface area contributed by atoms with Gasteiger partial charge in [0.15, 0.2) is 11.5 Å². The highest BCUT2D eigenvalue weighted by atomic mass is 35.5. The molecule has 1 fully saturated rings. The number of carbonyl (C=O) groups excluding carboxylic acids is 1. The molecular formula is C19H21ClN4O4. The Hall–Kier alpha value is -2.74. The number of amides is 2. The predicted octanol–water partition coefficient (Wildman–Crippen LogP) is 3.05. The summed E-state index contributed by atoms with van der Waals surface area (Å²) in [7, 11) is 0. The Labute approximate surface area is 167 Å². The molecule has 1 saturated carbocycles. The van der Waals surface area contributed by atoms with Gasteiger partial charge in [0.25, 0.3) is 0 Å². The average molecular weight is 405 g/mol. The summed E-state index contributed by atoms with van der Waals surface area (Å²) in [6, 6.07) is 5.93. The van der Waals surface area contributed by atoms with Gasteiger partial charge in [0.05, 0.1) is 17.4 Å². The Morgan fingerprint density at radius 3 is 2.68 bits per heavy atom. The summed E-state index contributed by atoms with van der Waals surface area (Å²) < 4.78 is 16.4. The van der Waals surface area contributed by atoms with Gasteiger partial charge in [0.2, 0.25) is 6.79 Å². The number of hydrogen-bond donors (Lipinski definition) is 2. The molecule has 148 valence electrons. The predicted molar refractivity (Wildman–Crippen MR) is 102 cm³/mol. The Morgan fingerprint density at radius 2 is 1.89 bits per heavy atom. The zero-order valence-corrected chi connectivity index (χ0v) is 15.9. The Bertz CT molecular complexity index is 825. The highest BCUT2D eigenvalue weighted by Gasteiger charge is 2.24. The minimum atomic E-state index is -0.178. The molecule has 2 aliphatic rings. The first-order valence-electron chi connectivity index (χ1n) is 9.23. The maximum atomic E-state index is 12.2. The smallest absolute Gasteiger partial charge is 0.316 e. The molecule has 0 saturated heterocycles. The van der Waals surface area contributed by atoms with Gasteiger partial charge in [-0.25, -0.2) is 14.8 Å². The van der Waals surface area contributed by atoms with E-state index in [-0.39, 0.29) is 25.0 Å². The van der Waals surface area contributed by atoms with Crippen molar-refractivity contribution in [2.75, 3.05) is 6.79 Å². The quantitative estimate of drug-likeness (QED) is 0.795. The summed E-state index contributed by atoms with van der Waals surface area (Å²) in [5.74, 6) is 1.44. The molecule has 1 aliphatic carbocycles. The highest BCUT2D eigenvalue weighted by Crippen LogP contribution is 2.32. The second-order valence-corrected chi connectivity index (χ2v) is 7.23. The lowest BCUT2D eigenvalue weighted by Crippen LogP contribution is -2.44. The molecule has 1 aromatic carbocycles. The number of benzene rings is 1. The van der Waals surface area contributed by atoms with Crippen LogP contribution in [0, 0.1) is 0 Å². The molecule has 2 heterocycles. The minimum absolute atomic E-state index is 0.0518. The van der Waals surface area contributed by atoms with Gasteiger partial charge in [-0.3, -0.25) is 0 Å². The zero-order chi connectivity index (χ0) is 19.3. The molecular weight excluding hydrogens is 384 g/mol. The van der Waals surface area contributed by atoms with E-state index >= 15 is 0 Å². The fourth-order valence-corrected chi connectivity index (χ4v) is 3.40. The largest absolute Gasteiger partial charge is 0.460 e. The second-order valence-electron chi connectivity index (χ2n) is 6.79. The van der Waals surface area contributed by atoms with Crippen molar-refractivity contribution in [2.24, 2.45) is 0 Å². The molecule has 2 amide bonds. The van der Waals surface area contributed by atoms with Crippen LogP contribution in [0.15, 0.2) is 30.6 Å². The molecule has 4 rings (SSSR count). The van der Waals surface area contributed by atoms with Crippen LogP contribution < -0.4 is 24.8 Å². The van der Waals surface area contributed by atoms with Crippen molar-refractivity contribution < 1.29 is 19.0 Å². The number of nitrogens with one attached hydrogen (secondary N) is 2. The van der Waals surface area contributed by atoms with Gasteiger partial charge in [-0.2, -0.15) is 0 Å². The van der Waals surface area contributed by atoms with Crippen molar-refractivity contribution in [3.63, 3.8) is 0 Å². The van der Waals surface area contributed by atoms with E-state index in [1.54, 1.807) is 0 Å². The summed E-state index contributed by atoms with van der Waals surface area (Å²) >= 11 is 5.77. The number of urea groups is 1. The number of ether oxygens (including phenoxy) is 3. The van der Waals surface area contributed by atoms with Gasteiger partial charge < -0.3 is 24.8 Å². The first kappa shape index (κ1) is 18.6. The van der Waals surface area contributed by atoms with Crippen molar-refractivity contribution >= 4 is 17.6 Å². The number of fused-ring (bicyclic) bond motifs is 1. The van der Waals surface area contributed by atoms with E-state index in [2.05, 4.69) is 20.6 Å². The second kappa shape index (κ2) is 8.52. The van der Waals surface area contributed by atoms with Crippen LogP contribution in [0.5, 0.6) is 17.5 Å². The van der Waals surface area contributed by atoms with Crippen LogP contribution >= 0.6 is 11.6 Å². The highest BCUT2D eigenvalue weighted by molar-refractivity contribution is 6.30. The van der Waals surface area contributed by atoms with Crippen LogP contribution in [0.25, 0.3) is 0 Å². The fraction of sp³-hybridized carbons (Fsp3) is 0.421. The lowest BCUT2D eigenvalue weighted by Gasteiger charge is -2.28. The van der Waals surface area contributed by atoms with Crippen molar-refractivity contribution in [1.29, 1.82) is 0 Å². The molecule has 0 unspecified atom stereocenters. The number of halogens is 1. The van der Waals surface area contributed by atoms with Gasteiger partial charge in [-0.05, 0) is 43.4 Å². The standard InChI is InChI=1S/C19H21ClN4O4/c20-13-9-22-19(23-10-13)28-15-4-2-14(3-5-15)24-18(25)21-8-12-1-6-16-17(7-12)27-11-26-16/h1,6-7,9-10,14-15H,2-5,8,11H2,(H2,21,24,25). The van der Waals surface area contributed by atoms with Crippen molar-refractivity contribution in [1.82, 2.24) is 20.6 Å². The summed E-state index contributed by atoms with van der Waals surface area (Å²) in [6.07, 6.45) is 6.43. The van der Waals surface area contributed by atoms with E-state index in [0.717, 1.165) is 37.0 Å². The Morgan fingerprint density at radius 1 is 1.14 bits per heavy atom. The monoisotopic (exact) mass is 404 g/mol. The van der Waals surface area contributed by atoms with E-state index < -0.39 is 0 Å². The van der Waals surface area contributed by atoms with E-state index in [0.29, 0.717) is 23.3 Å². The van der Waals surface area contributed by atoms with E-state index in [1.807, 2.05) is 18.2 Å². The molecule has 28 heavy (non-hydrogen) atoms. The third-order valence-corrected chi connectivity index (χ3v) is 4.96. The maximum absolute atomic E-state index is 12.2. The molecule has 2 aromatic rings. The number of hydrogen-bond acceptors (Lipinski definition) is 6. The van der Waals surface area contributed by atoms with Gasteiger partial charge in [0.1, 0.15) is 6.10 Å². The lowest BCUT2D eigenvalue weighted by atomic mass is 9.93. The summed E-state index contributed by atoms with van der Waals surface area (Å²) in [6.45, 7) is 0.665. The molecule has 0 spiro atoms. The molecule has 0 bridgehead atoms. The van der Waals surface area contributed by atoms with E-state index in [9.17, 15) is 4.79 Å². The topological polar surface area (TPSA) is 94.6 Å². The third-order valence-electron chi connectivity index (χ3n) is 4.77. The normalized spacial score (nSPS) is 20.5. The van der Waals surface area contributed by atoms with Crippen molar-refractivity contribution in [2.45, 2.75) is 44.4 Å². The number of carbonyl (C=O) groups is 1. The van der Waals surface area contributed by atoms with Gasteiger partial charge >= 0.3 is 12.0 Å². The van der Waals surface area contributed by atoms with E-state index in [1.165, 1.54) is 12.4 Å². The van der Waals surface area contributed by atoms with Crippen LogP contribution in [0.1, 0.15) is 31.2 Å². The first-order chi connectivity index (χ1) is 13.7. The molecule has 0 atom stereocenters. The summed E-state index contributed by atoms with van der Waals surface area (Å²) in [4.78, 5) is 20.3. The van der Waals surface area contributed by atoms with Crippen LogP contribution in [0.2, 0.25) is 5.02 Å². The van der Waals surface area contributed by atoms with Gasteiger partial charge in [-0.1, -0.05) is 17.7 Å². The van der Waals surface area contributed by atoms with Crippen molar-refractivity contribution in [3.8, 4) is 17.5 Å². The number of aromatic nitrogens is 2. The van der Waals surface area contributed by atoms with Gasteiger partial charge in [-0.15, -0.1) is 0 Å². The third kappa shape index (κ3) is 4.75. The molecule has 8 nitrogen and oxygen atoms in total. The molecule has 1 aliphatic heterocycles. The molecule has 9 heteroatoms. The first-order valence-corrected chi connectivity index (χ1v) is 9.60. The number of rotatable bonds is 5. The summed E-state index contributed by atoms with van der Waals surface area (Å²) in [5.41, 5.74) is 0.958. The zero-order valence-electron chi connectivity index (χ0n) is 15.2. The maximum Gasteiger partial charge on any atom is 0.316 e. The fourth-order valence-electron chi connectivity index (χ4n) is 3.31. The minimum Gasteiger partial charge on any atom is -0.460 e. The summed E-state index contributed by atoms with van der Waals surface area (Å²) in [5, 5.41) is 6.39. The van der Waals surface area contributed by atoms with Crippen molar-refractivity contribution in [3.05, 3.63) is 41.2 Å². The van der Waals surface area contributed by atoms with Crippen LogP contribution in [0.3, 0.4) is 0 Å². The molecule has 0 radical (unpaired) electrons. The SMILES string of the molecule is O=C(NCc1ccc2c(c1)OCO2)NC1CCC(Oc2ncc(Cl)cn2)CC1. The Kier molecular flexibility index (Phi) is 5.66. The van der Waals surface area contributed by atoms with Crippen LogP contribution in [0.4, 0.5) is 4.79 Å². The van der Waals surface area contributed by atoms with Crippen LogP contribution in [-0.2, 0) is 6.54 Å². The average Bonchev–Trinajstić information content (AvgIpc) is 3.17. The lowest BCUT2D eigenvalue weighted by molar-refractivity contribution is 0.129. The van der Waals surface area contributed by atoms with Gasteiger partial charge in [0, 0.05) is 12.6 Å². The Balaban J connectivity index is 1.18.